The first-order chi connectivity index (χ1) is 14.1. The van der Waals surface area contributed by atoms with Crippen LogP contribution in [0.3, 0.4) is 0 Å². The summed E-state index contributed by atoms with van der Waals surface area (Å²) in [6.45, 7) is 2.09. The Labute approximate surface area is 170 Å². The van der Waals surface area contributed by atoms with Crippen molar-refractivity contribution in [2.45, 2.75) is 13.5 Å². The van der Waals surface area contributed by atoms with Crippen LogP contribution >= 0.6 is 11.3 Å². The first kappa shape index (κ1) is 18.8. The van der Waals surface area contributed by atoms with E-state index in [1.807, 2.05) is 17.5 Å². The molecule has 1 N–H and O–H groups in total. The first-order valence-corrected chi connectivity index (χ1v) is 9.71. The van der Waals surface area contributed by atoms with Crippen LogP contribution in [0.2, 0.25) is 0 Å². The fourth-order valence-corrected chi connectivity index (χ4v) is 3.66. The maximum atomic E-state index is 12.9. The number of pyridine rings is 1. The molecule has 0 radical (unpaired) electrons. The predicted octanol–water partition coefficient (Wildman–Crippen LogP) is 3.98. The van der Waals surface area contributed by atoms with E-state index in [1.54, 1.807) is 37.3 Å². The molecule has 0 saturated carbocycles. The summed E-state index contributed by atoms with van der Waals surface area (Å²) < 4.78 is 10.00. The molecule has 0 fully saturated rings. The van der Waals surface area contributed by atoms with Crippen LogP contribution in [0.1, 0.15) is 32.0 Å². The Hall–Kier alpha value is -3.52. The molecule has 3 aromatic heterocycles. The van der Waals surface area contributed by atoms with Crippen LogP contribution < -0.4 is 5.32 Å². The lowest BCUT2D eigenvalue weighted by molar-refractivity contribution is 0.0600. The molecule has 1 amide bonds. The number of nitrogens with one attached hydrogen (secondary N) is 1. The lowest BCUT2D eigenvalue weighted by Gasteiger charge is -2.08. The average Bonchev–Trinajstić information content (AvgIpc) is 3.41. The third-order valence-corrected chi connectivity index (χ3v) is 5.36. The number of aromatic nitrogens is 2. The van der Waals surface area contributed by atoms with Crippen LogP contribution in [0.25, 0.3) is 21.7 Å². The Morgan fingerprint density at radius 3 is 2.69 bits per heavy atom. The number of esters is 1. The van der Waals surface area contributed by atoms with E-state index in [2.05, 4.69) is 20.2 Å². The van der Waals surface area contributed by atoms with Crippen molar-refractivity contribution < 1.29 is 18.8 Å². The third kappa shape index (κ3) is 3.74. The van der Waals surface area contributed by atoms with Crippen molar-refractivity contribution in [2.75, 3.05) is 7.11 Å². The number of nitrogens with zero attached hydrogens (tertiary/aromatic N) is 2. The summed E-state index contributed by atoms with van der Waals surface area (Å²) >= 11 is 1.53. The Morgan fingerprint density at radius 2 is 2.00 bits per heavy atom. The highest BCUT2D eigenvalue weighted by Crippen LogP contribution is 2.29. The van der Waals surface area contributed by atoms with Crippen molar-refractivity contribution in [1.29, 1.82) is 0 Å². The minimum absolute atomic E-state index is 0.251. The van der Waals surface area contributed by atoms with Gasteiger partial charge in [0.1, 0.15) is 0 Å². The van der Waals surface area contributed by atoms with Gasteiger partial charge in [-0.1, -0.05) is 23.4 Å². The van der Waals surface area contributed by atoms with Crippen LogP contribution in [-0.2, 0) is 11.3 Å². The highest BCUT2D eigenvalue weighted by Gasteiger charge is 2.19. The zero-order valence-corrected chi connectivity index (χ0v) is 16.6. The Balaban J connectivity index is 1.59. The molecule has 0 saturated heterocycles. The van der Waals surface area contributed by atoms with Gasteiger partial charge in [0.25, 0.3) is 11.6 Å². The van der Waals surface area contributed by atoms with E-state index in [4.69, 9.17) is 4.52 Å². The van der Waals surface area contributed by atoms with Crippen LogP contribution in [0.5, 0.6) is 0 Å². The fraction of sp³-hybridized carbons (Fsp3) is 0.143. The monoisotopic (exact) mass is 407 g/mol. The van der Waals surface area contributed by atoms with Crippen molar-refractivity contribution in [1.82, 2.24) is 15.5 Å². The van der Waals surface area contributed by atoms with Gasteiger partial charge in [-0.3, -0.25) is 4.79 Å². The quantitative estimate of drug-likeness (QED) is 0.503. The Kier molecular flexibility index (Phi) is 5.09. The lowest BCUT2D eigenvalue weighted by atomic mass is 10.1. The van der Waals surface area contributed by atoms with E-state index in [0.717, 1.165) is 10.4 Å². The number of thiophene rings is 1. The van der Waals surface area contributed by atoms with Gasteiger partial charge >= 0.3 is 5.97 Å². The summed E-state index contributed by atoms with van der Waals surface area (Å²) in [5.74, 6) is -0.651. The summed E-state index contributed by atoms with van der Waals surface area (Å²) in [5, 5.41) is 9.42. The molecule has 8 heteroatoms. The molecule has 3 heterocycles. The van der Waals surface area contributed by atoms with Crippen molar-refractivity contribution >= 4 is 34.3 Å². The van der Waals surface area contributed by atoms with Crippen LogP contribution in [0.4, 0.5) is 0 Å². The molecule has 1 aromatic carbocycles. The smallest absolute Gasteiger partial charge is 0.337 e. The van der Waals surface area contributed by atoms with Gasteiger partial charge in [-0.05, 0) is 42.1 Å². The predicted molar refractivity (Wildman–Crippen MR) is 109 cm³/mol. The van der Waals surface area contributed by atoms with E-state index in [9.17, 15) is 9.59 Å². The zero-order chi connectivity index (χ0) is 20.4. The van der Waals surface area contributed by atoms with Crippen molar-refractivity contribution in [3.63, 3.8) is 0 Å². The molecule has 0 aliphatic heterocycles. The third-order valence-electron chi connectivity index (χ3n) is 4.46. The topological polar surface area (TPSA) is 94.3 Å². The second-order valence-corrected chi connectivity index (χ2v) is 7.30. The average molecular weight is 407 g/mol. The molecule has 7 nitrogen and oxygen atoms in total. The van der Waals surface area contributed by atoms with Gasteiger partial charge in [-0.15, -0.1) is 11.3 Å². The van der Waals surface area contributed by atoms with E-state index >= 15 is 0 Å². The molecule has 0 atom stereocenters. The van der Waals surface area contributed by atoms with Crippen molar-refractivity contribution in [3.05, 3.63) is 70.2 Å². The van der Waals surface area contributed by atoms with Gasteiger partial charge in [-0.25, -0.2) is 9.78 Å². The molecule has 146 valence electrons. The number of hydrogen-bond acceptors (Lipinski definition) is 7. The van der Waals surface area contributed by atoms with Crippen LogP contribution in [0.15, 0.2) is 52.4 Å². The number of fused-ring (bicyclic) bond motifs is 1. The highest BCUT2D eigenvalue weighted by molar-refractivity contribution is 7.13. The fourth-order valence-electron chi connectivity index (χ4n) is 2.98. The van der Waals surface area contributed by atoms with Crippen LogP contribution in [0, 0.1) is 6.92 Å². The molecular formula is C21H17N3O4S. The maximum Gasteiger partial charge on any atom is 0.337 e. The van der Waals surface area contributed by atoms with Crippen molar-refractivity contribution in [3.8, 4) is 10.6 Å². The Bertz CT molecular complexity index is 1180. The molecule has 0 aliphatic rings. The second kappa shape index (κ2) is 7.84. The van der Waals surface area contributed by atoms with E-state index in [-0.39, 0.29) is 5.91 Å². The second-order valence-electron chi connectivity index (χ2n) is 6.35. The molecule has 0 bridgehead atoms. The number of amides is 1. The molecule has 0 aliphatic carbocycles. The number of ether oxygens (including phenoxy) is 1. The number of methoxy groups -OCH3 is 1. The minimum Gasteiger partial charge on any atom is -0.465 e. The zero-order valence-electron chi connectivity index (χ0n) is 15.8. The summed E-state index contributed by atoms with van der Waals surface area (Å²) in [7, 11) is 1.34. The van der Waals surface area contributed by atoms with E-state index in [0.29, 0.717) is 40.2 Å². The number of carbonyl (C=O) groups is 2. The molecule has 0 unspecified atom stereocenters. The number of aryl methyl sites for hydroxylation is 1. The largest absolute Gasteiger partial charge is 0.465 e. The first-order valence-electron chi connectivity index (χ1n) is 8.83. The van der Waals surface area contributed by atoms with Gasteiger partial charge < -0.3 is 14.6 Å². The van der Waals surface area contributed by atoms with E-state index < -0.39 is 5.97 Å². The standard InChI is InChI=1S/C21H17N3O4S/c1-12-18-15(10-16(17-4-3-9-29-17)23-20(18)28-24-12)19(25)22-11-13-5-7-14(8-6-13)21(26)27-2/h3-10H,11H2,1-2H3,(H,22,25). The number of rotatable bonds is 5. The molecular weight excluding hydrogens is 390 g/mol. The number of carbonyl (C=O) groups excluding carboxylic acids is 2. The normalized spacial score (nSPS) is 10.8. The number of hydrogen-bond donors (Lipinski definition) is 1. The van der Waals surface area contributed by atoms with Crippen molar-refractivity contribution in [2.24, 2.45) is 0 Å². The SMILES string of the molecule is COC(=O)c1ccc(CNC(=O)c2cc(-c3cccs3)nc3onc(C)c23)cc1. The maximum absolute atomic E-state index is 12.9. The summed E-state index contributed by atoms with van der Waals surface area (Å²) in [5.41, 5.74) is 3.38. The summed E-state index contributed by atoms with van der Waals surface area (Å²) in [6, 6.07) is 12.5. The lowest BCUT2D eigenvalue weighted by Crippen LogP contribution is -2.23. The molecule has 4 rings (SSSR count). The van der Waals surface area contributed by atoms with Gasteiger partial charge in [0, 0.05) is 6.54 Å². The van der Waals surface area contributed by atoms with Gasteiger partial charge in [0.05, 0.1) is 39.9 Å². The Morgan fingerprint density at radius 1 is 1.21 bits per heavy atom. The van der Waals surface area contributed by atoms with E-state index in [1.165, 1.54) is 18.4 Å². The molecule has 29 heavy (non-hydrogen) atoms. The van der Waals surface area contributed by atoms with Gasteiger partial charge in [-0.2, -0.15) is 0 Å². The summed E-state index contributed by atoms with van der Waals surface area (Å²) in [4.78, 5) is 29.9. The molecule has 0 spiro atoms. The van der Waals surface area contributed by atoms with Gasteiger partial charge in [0.15, 0.2) is 0 Å². The highest BCUT2D eigenvalue weighted by atomic mass is 32.1. The molecule has 4 aromatic rings. The summed E-state index contributed by atoms with van der Waals surface area (Å²) in [6.07, 6.45) is 0. The minimum atomic E-state index is -0.399. The van der Waals surface area contributed by atoms with Gasteiger partial charge in [0.2, 0.25) is 0 Å². The van der Waals surface area contributed by atoms with Crippen LogP contribution in [-0.4, -0.2) is 29.1 Å². The number of benzene rings is 1.